The maximum atomic E-state index is 14.9. The van der Waals surface area contributed by atoms with Crippen LogP contribution >= 0.6 is 0 Å². The van der Waals surface area contributed by atoms with E-state index in [0.29, 0.717) is 31.0 Å². The third kappa shape index (κ3) is 3.93. The smallest absolute Gasteiger partial charge is 0.396 e. The van der Waals surface area contributed by atoms with Gasteiger partial charge in [-0.05, 0) is 48.1 Å². The van der Waals surface area contributed by atoms with Gasteiger partial charge in [0.25, 0.3) is 0 Å². The molecule has 2 fully saturated rings. The molecule has 0 aromatic heterocycles. The van der Waals surface area contributed by atoms with E-state index in [1.165, 1.54) is 6.07 Å². The molecule has 3 aliphatic rings. The van der Waals surface area contributed by atoms with Crippen LogP contribution in [0.5, 0.6) is 0 Å². The summed E-state index contributed by atoms with van der Waals surface area (Å²) in [6, 6.07) is 2.50. The molecule has 1 N–H and O–H groups in total. The van der Waals surface area contributed by atoms with Crippen LogP contribution in [0, 0.1) is 11.8 Å². The second-order valence-electron chi connectivity index (χ2n) is 11.2. The van der Waals surface area contributed by atoms with Crippen LogP contribution in [0.4, 0.5) is 30.7 Å². The fourth-order valence-electron chi connectivity index (χ4n) is 7.06. The van der Waals surface area contributed by atoms with Crippen molar-refractivity contribution in [2.75, 3.05) is 19.7 Å². The highest BCUT2D eigenvalue weighted by Crippen LogP contribution is 2.61. The maximum absolute atomic E-state index is 14.9. The molecule has 1 aliphatic heterocycles. The highest BCUT2D eigenvalue weighted by molar-refractivity contribution is 5.80. The van der Waals surface area contributed by atoms with Crippen molar-refractivity contribution in [2.24, 2.45) is 11.8 Å². The molecular weight excluding hydrogens is 491 g/mol. The van der Waals surface area contributed by atoms with Gasteiger partial charge in [-0.1, -0.05) is 51.3 Å². The molecule has 0 bridgehead atoms. The standard InChI is InChI=1S/C26H32F7NO2/c1-22(2)19-13-17(24(27,25(28,29)30)26(31,32)33)9-10-18(19)23(11-6-12-35)15-34(14-20(22)23)21(36)16-7-4-3-5-8-16/h9-10,13,16,20,35H,3-8,11-12,14-15H2,1-2H3. The Bertz CT molecular complexity index is 983. The van der Waals surface area contributed by atoms with Crippen molar-refractivity contribution in [3.05, 3.63) is 34.9 Å². The van der Waals surface area contributed by atoms with Crippen LogP contribution in [0.1, 0.15) is 75.5 Å². The minimum atomic E-state index is -6.18. The van der Waals surface area contributed by atoms with Crippen LogP contribution < -0.4 is 0 Å². The van der Waals surface area contributed by atoms with Gasteiger partial charge >= 0.3 is 18.0 Å². The van der Waals surface area contributed by atoms with Crippen molar-refractivity contribution >= 4 is 5.91 Å². The molecule has 3 nitrogen and oxygen atoms in total. The molecule has 1 saturated carbocycles. The first kappa shape index (κ1) is 27.2. The minimum absolute atomic E-state index is 0.0401. The average Bonchev–Trinajstić information content (AvgIpc) is 3.28. The van der Waals surface area contributed by atoms with E-state index in [-0.39, 0.29) is 36.5 Å². The van der Waals surface area contributed by atoms with E-state index in [9.17, 15) is 40.6 Å². The lowest BCUT2D eigenvalue weighted by atomic mass is 9.68. The van der Waals surface area contributed by atoms with E-state index in [1.807, 2.05) is 0 Å². The molecule has 0 spiro atoms. The number of amides is 1. The lowest BCUT2D eigenvalue weighted by Gasteiger charge is -2.34. The van der Waals surface area contributed by atoms with Crippen molar-refractivity contribution in [3.63, 3.8) is 0 Å². The summed E-state index contributed by atoms with van der Waals surface area (Å²) < 4.78 is 95.6. The van der Waals surface area contributed by atoms with Gasteiger partial charge in [-0.3, -0.25) is 4.79 Å². The molecule has 36 heavy (non-hydrogen) atoms. The topological polar surface area (TPSA) is 40.5 Å². The second kappa shape index (κ2) is 8.88. The molecule has 2 atom stereocenters. The Morgan fingerprint density at radius 3 is 2.17 bits per heavy atom. The van der Waals surface area contributed by atoms with Crippen molar-refractivity contribution < 1.29 is 40.6 Å². The molecule has 1 heterocycles. The number of likely N-dealkylation sites (tertiary alicyclic amines) is 1. The van der Waals surface area contributed by atoms with Gasteiger partial charge in [0.2, 0.25) is 5.91 Å². The first-order valence-electron chi connectivity index (χ1n) is 12.5. The van der Waals surface area contributed by atoms with Crippen molar-refractivity contribution in [2.45, 2.75) is 87.6 Å². The summed E-state index contributed by atoms with van der Waals surface area (Å²) in [5.41, 5.74) is -7.85. The van der Waals surface area contributed by atoms with Crippen LogP contribution in [0.3, 0.4) is 0 Å². The Hall–Kier alpha value is -1.84. The van der Waals surface area contributed by atoms with Crippen LogP contribution in [0.25, 0.3) is 0 Å². The molecule has 0 radical (unpaired) electrons. The molecule has 1 amide bonds. The maximum Gasteiger partial charge on any atom is 0.435 e. The molecule has 2 unspecified atom stereocenters. The number of carbonyl (C=O) groups is 1. The normalized spacial score (nSPS) is 26.7. The quantitative estimate of drug-likeness (QED) is 0.459. The second-order valence-corrected chi connectivity index (χ2v) is 11.2. The van der Waals surface area contributed by atoms with E-state index in [0.717, 1.165) is 38.2 Å². The summed E-state index contributed by atoms with van der Waals surface area (Å²) >= 11 is 0. The number of hydrogen-bond acceptors (Lipinski definition) is 2. The van der Waals surface area contributed by atoms with Crippen LogP contribution in [-0.4, -0.2) is 48.0 Å². The Labute approximate surface area is 206 Å². The van der Waals surface area contributed by atoms with E-state index >= 15 is 0 Å². The van der Waals surface area contributed by atoms with Gasteiger partial charge in [-0.25, -0.2) is 4.39 Å². The van der Waals surface area contributed by atoms with Crippen LogP contribution in [0.2, 0.25) is 0 Å². The lowest BCUT2D eigenvalue weighted by Crippen LogP contribution is -2.50. The highest BCUT2D eigenvalue weighted by atomic mass is 19.4. The highest BCUT2D eigenvalue weighted by Gasteiger charge is 2.74. The lowest BCUT2D eigenvalue weighted by molar-refractivity contribution is -0.348. The molecule has 1 saturated heterocycles. The molecule has 10 heteroatoms. The number of aliphatic hydroxyl groups excluding tert-OH is 1. The van der Waals surface area contributed by atoms with Gasteiger partial charge in [-0.2, -0.15) is 26.3 Å². The largest absolute Gasteiger partial charge is 0.435 e. The third-order valence-electron chi connectivity index (χ3n) is 8.89. The predicted molar refractivity (Wildman–Crippen MR) is 119 cm³/mol. The number of nitrogens with zero attached hydrogens (tertiary/aromatic N) is 1. The molecular formula is C26H32F7NO2. The zero-order valence-electron chi connectivity index (χ0n) is 20.4. The zero-order valence-corrected chi connectivity index (χ0v) is 20.4. The predicted octanol–water partition coefficient (Wildman–Crippen LogP) is 6.32. The first-order chi connectivity index (χ1) is 16.6. The number of benzene rings is 1. The molecule has 1 aromatic rings. The number of rotatable bonds is 5. The van der Waals surface area contributed by atoms with Crippen LogP contribution in [-0.2, 0) is 21.3 Å². The molecule has 4 rings (SSSR count). The summed E-state index contributed by atoms with van der Waals surface area (Å²) in [4.78, 5) is 15.1. The zero-order chi connectivity index (χ0) is 26.7. The van der Waals surface area contributed by atoms with Gasteiger partial charge in [0, 0.05) is 36.6 Å². The van der Waals surface area contributed by atoms with E-state index in [2.05, 4.69) is 0 Å². The van der Waals surface area contributed by atoms with E-state index in [1.54, 1.807) is 18.7 Å². The fourth-order valence-corrected chi connectivity index (χ4v) is 7.06. The van der Waals surface area contributed by atoms with Crippen molar-refractivity contribution in [1.29, 1.82) is 0 Å². The van der Waals surface area contributed by atoms with Gasteiger partial charge in [0.1, 0.15) is 0 Å². The van der Waals surface area contributed by atoms with E-state index in [4.69, 9.17) is 0 Å². The Morgan fingerprint density at radius 2 is 1.61 bits per heavy atom. The number of hydrogen-bond donors (Lipinski definition) is 1. The summed E-state index contributed by atoms with van der Waals surface area (Å²) in [7, 11) is 0. The molecule has 202 valence electrons. The van der Waals surface area contributed by atoms with Crippen molar-refractivity contribution in [3.8, 4) is 0 Å². The SMILES string of the molecule is CC1(C)c2cc(C(F)(C(F)(F)F)C(F)(F)F)ccc2C2(CCCO)CN(C(=O)C3CCCCC3)CC12. The number of fused-ring (bicyclic) bond motifs is 3. The van der Waals surface area contributed by atoms with Gasteiger partial charge in [0.15, 0.2) is 0 Å². The number of carbonyl (C=O) groups excluding carboxylic acids is 1. The summed E-state index contributed by atoms with van der Waals surface area (Å²) in [6.07, 6.45) is -6.95. The molecule has 2 aliphatic carbocycles. The number of aliphatic hydroxyl groups is 1. The average molecular weight is 524 g/mol. The Balaban J connectivity index is 1.79. The Kier molecular flexibility index (Phi) is 6.71. The van der Waals surface area contributed by atoms with Crippen molar-refractivity contribution in [1.82, 2.24) is 4.90 Å². The van der Waals surface area contributed by atoms with Gasteiger partial charge in [0.05, 0.1) is 0 Å². The third-order valence-corrected chi connectivity index (χ3v) is 8.89. The van der Waals surface area contributed by atoms with Crippen LogP contribution in [0.15, 0.2) is 18.2 Å². The Morgan fingerprint density at radius 1 is 1.00 bits per heavy atom. The number of halogens is 7. The summed E-state index contributed by atoms with van der Waals surface area (Å²) in [5.74, 6) is -0.332. The first-order valence-corrected chi connectivity index (χ1v) is 12.5. The number of alkyl halides is 7. The monoisotopic (exact) mass is 523 g/mol. The van der Waals surface area contributed by atoms with Gasteiger partial charge < -0.3 is 10.0 Å². The van der Waals surface area contributed by atoms with E-state index < -0.39 is 34.4 Å². The van der Waals surface area contributed by atoms with Gasteiger partial charge in [-0.15, -0.1) is 0 Å². The minimum Gasteiger partial charge on any atom is -0.396 e. The summed E-state index contributed by atoms with van der Waals surface area (Å²) in [5, 5.41) is 9.55. The fraction of sp³-hybridized carbons (Fsp3) is 0.731. The molecule has 1 aromatic carbocycles. The summed E-state index contributed by atoms with van der Waals surface area (Å²) in [6.45, 7) is 3.92.